The predicted molar refractivity (Wildman–Crippen MR) is 284 cm³/mol. The number of carbonyl (C=O) groups excluding carboxylic acids is 3. The van der Waals surface area contributed by atoms with Crippen molar-refractivity contribution >= 4 is 23.7 Å². The Bertz CT molecular complexity index is 2420. The normalized spacial score (nSPS) is 47.2. The molecule has 0 saturated carbocycles. The fraction of sp³-hybridized carbons (Fsp3) is 0.922. The summed E-state index contributed by atoms with van der Waals surface area (Å²) < 4.78 is 74.3. The standard InChI is InChI=1S/C51H85N3O39/c1-12(61)52-23-15(64)4-51(50(79)80,93-41(23)26(66)16(65)5-55)81-11-22-27(67)32(72)35(75)47(87-22)88-38-20(9-59)85-45(24(30(38)70)53-13(2)62)91-42-28(68)17(6-56)83-48(36(42)76)89-39-21(10-60)86-46(25(31(39)71)54-14(3)63)92-43-29(69)18(7-57)84-49(37(43)77)90-40-19(8-58)82-44(78)34(74)33(40)73/h15-49,55-60,64-78H,4-11H2,1-3H3,(H,52,61)(H,53,62)(H,54,63)(H,79,80)/t15-,16+,17+,18+,19+,20+,21+,22+,23+,24+,25+,26+,27-,28-,29-,30+,31+,32-,33+,34+,35+,36+,37+,38+,39+,40+,41+,42-,43-,44+,45-,46-,47-,48-,49-,51+/m0/s1. The zero-order valence-electron chi connectivity index (χ0n) is 49.6. The number of hydrogen-bond acceptors (Lipinski definition) is 38. The van der Waals surface area contributed by atoms with E-state index in [1.165, 1.54) is 0 Å². The Kier molecular flexibility index (Phi) is 27.2. The summed E-state index contributed by atoms with van der Waals surface area (Å²) in [5, 5.41) is 245. The first kappa shape index (κ1) is 76.9. The minimum absolute atomic E-state index is 0.806. The maximum Gasteiger partial charge on any atom is 0.364 e. The van der Waals surface area contributed by atoms with Gasteiger partial charge in [-0.1, -0.05) is 0 Å². The van der Waals surface area contributed by atoms with Crippen molar-refractivity contribution in [1.29, 1.82) is 0 Å². The molecule has 7 rings (SSSR count). The zero-order chi connectivity index (χ0) is 69.0. The molecule has 0 spiro atoms. The highest BCUT2D eigenvalue weighted by Crippen LogP contribution is 2.39. The van der Waals surface area contributed by atoms with Gasteiger partial charge in [0.1, 0.15) is 165 Å². The van der Waals surface area contributed by atoms with E-state index in [0.717, 1.165) is 20.8 Å². The highest BCUT2D eigenvalue weighted by Gasteiger charge is 2.60. The summed E-state index contributed by atoms with van der Waals surface area (Å²) in [5.74, 6) is -7.66. The lowest BCUT2D eigenvalue weighted by molar-refractivity contribution is -0.387. The number of aliphatic carboxylic acids is 1. The molecule has 0 aromatic heterocycles. The highest BCUT2D eigenvalue weighted by atomic mass is 16.8. The molecule has 7 fully saturated rings. The van der Waals surface area contributed by atoms with Crippen LogP contribution in [0, 0.1) is 0 Å². The van der Waals surface area contributed by atoms with Gasteiger partial charge in [0, 0.05) is 27.2 Å². The average molecular weight is 1360 g/mol. The summed E-state index contributed by atoms with van der Waals surface area (Å²) >= 11 is 0. The molecule has 36 atom stereocenters. The molecule has 7 heterocycles. The van der Waals surface area contributed by atoms with Gasteiger partial charge in [0.15, 0.2) is 37.7 Å². The molecule has 7 saturated heterocycles. The van der Waals surface area contributed by atoms with Crippen molar-refractivity contribution in [2.75, 3.05) is 46.2 Å². The largest absolute Gasteiger partial charge is 0.477 e. The van der Waals surface area contributed by atoms with Crippen LogP contribution < -0.4 is 16.0 Å². The molecular weight excluding hydrogens is 1280 g/mol. The summed E-state index contributed by atoms with van der Waals surface area (Å²) in [6, 6.07) is -5.39. The van der Waals surface area contributed by atoms with Crippen LogP contribution in [0.3, 0.4) is 0 Å². The van der Waals surface area contributed by atoms with Gasteiger partial charge in [-0.2, -0.15) is 0 Å². The molecule has 25 N–H and O–H groups in total. The summed E-state index contributed by atoms with van der Waals surface area (Å²) in [6.45, 7) is -4.69. The van der Waals surface area contributed by atoms with Gasteiger partial charge in [-0.3, -0.25) is 14.4 Å². The summed E-state index contributed by atoms with van der Waals surface area (Å²) in [6.07, 6.45) is -66.1. The Labute approximate surface area is 525 Å². The molecule has 0 aromatic carbocycles. The molecule has 0 bridgehead atoms. The Hall–Kier alpha value is -3.48. The first-order chi connectivity index (χ1) is 43.8. The van der Waals surface area contributed by atoms with E-state index in [9.17, 15) is 132 Å². The van der Waals surface area contributed by atoms with Crippen LogP contribution >= 0.6 is 0 Å². The van der Waals surface area contributed by atoms with Gasteiger partial charge in [0.05, 0.1) is 58.4 Å². The third-order valence-corrected chi connectivity index (χ3v) is 16.7. The quantitative estimate of drug-likeness (QED) is 0.0404. The van der Waals surface area contributed by atoms with Crippen molar-refractivity contribution in [1.82, 2.24) is 16.0 Å². The van der Waals surface area contributed by atoms with Crippen LogP contribution in [0.5, 0.6) is 0 Å². The third-order valence-electron chi connectivity index (χ3n) is 16.7. The van der Waals surface area contributed by atoms with Gasteiger partial charge >= 0.3 is 5.97 Å². The Morgan fingerprint density at radius 3 is 1.22 bits per heavy atom. The van der Waals surface area contributed by atoms with Crippen molar-refractivity contribution in [3.8, 4) is 0 Å². The SMILES string of the molecule is CC(=O)N[C@H]1[C@H](O[C@H]2[C@@H](O)[C@@H](CO)O[C@@H](O[C@H]3[C@H](O)[C@@H](NC(C)=O)[C@H](O[C@H]4[C@@H](O)[C@@H](CO)O[C@@H](O[C@H]5[C@H](O)[C@@H](O)[C@H](O)O[C@@H]5CO)[C@@H]4O)O[C@@H]3CO)[C@@H]2O)O[C@H](CO)[C@@H](O[C@@H]2O[C@H](CO[C@]3(C(=O)O)C[C@H](O)[C@@H](NC(C)=O)[C@H]([C@H](O)[C@H](O)CO)O3)[C@H](O)[C@H](O)[C@H]2O)[C@@H]1O. The van der Waals surface area contributed by atoms with Gasteiger partial charge in [-0.15, -0.1) is 0 Å². The topological polar surface area (TPSA) is 669 Å². The molecule has 538 valence electrons. The minimum atomic E-state index is -3.02. The second-order valence-corrected chi connectivity index (χ2v) is 23.2. The fourth-order valence-corrected chi connectivity index (χ4v) is 11.8. The molecule has 7 aliphatic heterocycles. The molecule has 42 heteroatoms. The minimum Gasteiger partial charge on any atom is -0.477 e. The molecule has 0 unspecified atom stereocenters. The number of aliphatic hydroxyl groups excluding tert-OH is 21. The van der Waals surface area contributed by atoms with E-state index in [4.69, 9.17) is 61.6 Å². The first-order valence-electron chi connectivity index (χ1n) is 29.2. The lowest BCUT2D eigenvalue weighted by Gasteiger charge is -2.51. The number of carboxylic acids is 1. The van der Waals surface area contributed by atoms with Crippen LogP contribution in [-0.2, 0) is 80.8 Å². The van der Waals surface area contributed by atoms with E-state index in [1.54, 1.807) is 0 Å². The molecule has 42 nitrogen and oxygen atoms in total. The Morgan fingerprint density at radius 2 is 0.806 bits per heavy atom. The number of ether oxygens (including phenoxy) is 13. The highest BCUT2D eigenvalue weighted by molar-refractivity contribution is 5.77. The molecular formula is C51H85N3O39. The smallest absolute Gasteiger partial charge is 0.364 e. The Balaban J connectivity index is 1.07. The van der Waals surface area contributed by atoms with Crippen LogP contribution in [0.1, 0.15) is 27.2 Å². The maximum atomic E-state index is 12.8. The van der Waals surface area contributed by atoms with Crippen molar-refractivity contribution in [3.05, 3.63) is 0 Å². The number of carboxylic acid groups (broad SMARTS) is 1. The summed E-state index contributed by atoms with van der Waals surface area (Å²) in [4.78, 5) is 50.3. The van der Waals surface area contributed by atoms with E-state index in [1.807, 2.05) is 0 Å². The van der Waals surface area contributed by atoms with E-state index >= 15 is 0 Å². The van der Waals surface area contributed by atoms with Crippen molar-refractivity contribution in [2.24, 2.45) is 0 Å². The van der Waals surface area contributed by atoms with Gasteiger partial charge in [-0.05, 0) is 0 Å². The number of amides is 3. The third kappa shape index (κ3) is 16.8. The van der Waals surface area contributed by atoms with Gasteiger partial charge in [0.25, 0.3) is 5.79 Å². The number of nitrogens with one attached hydrogen (secondary N) is 3. The molecule has 7 aliphatic rings. The van der Waals surface area contributed by atoms with Crippen LogP contribution in [0.2, 0.25) is 0 Å². The van der Waals surface area contributed by atoms with Gasteiger partial charge in [-0.25, -0.2) is 4.79 Å². The van der Waals surface area contributed by atoms with Crippen molar-refractivity contribution in [3.63, 3.8) is 0 Å². The van der Waals surface area contributed by atoms with Crippen LogP contribution in [0.4, 0.5) is 0 Å². The maximum absolute atomic E-state index is 12.8. The van der Waals surface area contributed by atoms with E-state index < -0.39 is 297 Å². The van der Waals surface area contributed by atoms with Crippen LogP contribution in [0.25, 0.3) is 0 Å². The fourth-order valence-electron chi connectivity index (χ4n) is 11.8. The lowest BCUT2D eigenvalue weighted by atomic mass is 9.88. The van der Waals surface area contributed by atoms with E-state index in [0.29, 0.717) is 0 Å². The molecule has 0 aliphatic carbocycles. The van der Waals surface area contributed by atoms with Crippen molar-refractivity contribution < 1.29 is 193 Å². The summed E-state index contributed by atoms with van der Waals surface area (Å²) in [5.41, 5.74) is 0. The Morgan fingerprint density at radius 1 is 0.430 bits per heavy atom. The number of aliphatic hydroxyl groups is 21. The van der Waals surface area contributed by atoms with Crippen molar-refractivity contribution in [2.45, 2.75) is 248 Å². The molecule has 93 heavy (non-hydrogen) atoms. The lowest BCUT2D eigenvalue weighted by Crippen LogP contribution is -2.71. The number of rotatable bonds is 25. The van der Waals surface area contributed by atoms with Crippen LogP contribution in [0.15, 0.2) is 0 Å². The molecule has 0 aromatic rings. The number of hydrogen-bond donors (Lipinski definition) is 25. The molecule has 3 amide bonds. The second-order valence-electron chi connectivity index (χ2n) is 23.2. The summed E-state index contributed by atoms with van der Waals surface area (Å²) in [7, 11) is 0. The average Bonchev–Trinajstić information content (AvgIpc) is 0.787. The first-order valence-corrected chi connectivity index (χ1v) is 29.2. The number of carbonyl (C=O) groups is 4. The second kappa shape index (κ2) is 32.9. The monoisotopic (exact) mass is 1360 g/mol. The van der Waals surface area contributed by atoms with E-state index in [-0.39, 0.29) is 0 Å². The van der Waals surface area contributed by atoms with Gasteiger partial charge < -0.3 is 190 Å². The zero-order valence-corrected chi connectivity index (χ0v) is 49.6. The van der Waals surface area contributed by atoms with Crippen LogP contribution in [-0.4, -0.2) is 403 Å². The molecule has 0 radical (unpaired) electrons. The predicted octanol–water partition coefficient (Wildman–Crippen LogP) is -16.6. The van der Waals surface area contributed by atoms with E-state index in [2.05, 4.69) is 16.0 Å². The van der Waals surface area contributed by atoms with Gasteiger partial charge in [0.2, 0.25) is 17.7 Å².